The Bertz CT molecular complexity index is 560. The van der Waals surface area contributed by atoms with E-state index in [0.29, 0.717) is 0 Å². The van der Waals surface area contributed by atoms with Gasteiger partial charge in [0, 0.05) is 52.2 Å². The average Bonchev–Trinajstić information content (AvgIpc) is 2.94. The third-order valence-electron chi connectivity index (χ3n) is 3.21. The van der Waals surface area contributed by atoms with Crippen LogP contribution in [0.15, 0.2) is 35.6 Å². The van der Waals surface area contributed by atoms with Gasteiger partial charge in [-0.1, -0.05) is 6.07 Å². The lowest BCUT2D eigenvalue weighted by Crippen LogP contribution is -2.38. The molecule has 0 aromatic carbocycles. The minimum atomic E-state index is 0.740. The monoisotopic (exact) mass is 303 g/mol. The van der Waals surface area contributed by atoms with E-state index >= 15 is 0 Å². The lowest BCUT2D eigenvalue weighted by atomic mass is 10.3. The number of nitrogens with zero attached hydrogens (tertiary/aromatic N) is 3. The lowest BCUT2D eigenvalue weighted by Gasteiger charge is -2.10. The Labute approximate surface area is 131 Å². The topological polar surface area (TPSA) is 63.0 Å². The molecule has 0 saturated carbocycles. The van der Waals surface area contributed by atoms with E-state index < -0.39 is 0 Å². The zero-order valence-corrected chi connectivity index (χ0v) is 13.4. The predicted molar refractivity (Wildman–Crippen MR) is 89.4 cm³/mol. The van der Waals surface area contributed by atoms with Crippen molar-refractivity contribution in [3.8, 4) is 0 Å². The van der Waals surface area contributed by atoms with Crippen LogP contribution in [0.5, 0.6) is 0 Å². The van der Waals surface area contributed by atoms with Crippen LogP contribution in [-0.2, 0) is 11.2 Å². The second kappa shape index (κ2) is 9.04. The average molecular weight is 303 g/mol. The summed E-state index contributed by atoms with van der Waals surface area (Å²) in [6.45, 7) is 5.22. The minimum Gasteiger partial charge on any atom is -0.385 e. The molecular weight excluding hydrogens is 278 g/mol. The predicted octanol–water partition coefficient (Wildman–Crippen LogP) is 1.47. The van der Waals surface area contributed by atoms with Gasteiger partial charge >= 0.3 is 0 Å². The number of aliphatic imine (C=N–C) groups is 1. The molecule has 2 heterocycles. The summed E-state index contributed by atoms with van der Waals surface area (Å²) in [6, 6.07) is 6.02. The van der Waals surface area contributed by atoms with Crippen molar-refractivity contribution in [1.82, 2.24) is 20.0 Å². The third kappa shape index (κ3) is 5.04. The van der Waals surface area contributed by atoms with Crippen LogP contribution in [0.3, 0.4) is 0 Å². The minimum absolute atomic E-state index is 0.740. The number of hydrogen-bond donors (Lipinski definition) is 2. The van der Waals surface area contributed by atoms with Crippen LogP contribution in [0.1, 0.15) is 19.0 Å². The van der Waals surface area contributed by atoms with Crippen LogP contribution in [0, 0.1) is 0 Å². The first-order valence-corrected chi connectivity index (χ1v) is 7.77. The Kier molecular flexibility index (Phi) is 6.70. The molecule has 0 aliphatic rings. The van der Waals surface area contributed by atoms with Gasteiger partial charge in [0.25, 0.3) is 0 Å². The summed E-state index contributed by atoms with van der Waals surface area (Å²) < 4.78 is 7.07. The van der Waals surface area contributed by atoms with Crippen molar-refractivity contribution in [2.24, 2.45) is 4.99 Å². The van der Waals surface area contributed by atoms with Gasteiger partial charge in [0.15, 0.2) is 5.96 Å². The van der Waals surface area contributed by atoms with E-state index in [4.69, 9.17) is 4.74 Å². The molecule has 6 nitrogen and oxygen atoms in total. The Morgan fingerprint density at radius 1 is 1.36 bits per heavy atom. The number of guanidine groups is 1. The summed E-state index contributed by atoms with van der Waals surface area (Å²) in [6.07, 6.45) is 5.88. The van der Waals surface area contributed by atoms with Crippen LogP contribution in [0.4, 0.5) is 0 Å². The highest BCUT2D eigenvalue weighted by Crippen LogP contribution is 2.04. The van der Waals surface area contributed by atoms with Gasteiger partial charge in [0.2, 0.25) is 0 Å². The summed E-state index contributed by atoms with van der Waals surface area (Å²) in [5.74, 6) is 0.849. The summed E-state index contributed by atoms with van der Waals surface area (Å²) in [7, 11) is 1.71. The van der Waals surface area contributed by atoms with E-state index in [0.717, 1.165) is 56.4 Å². The van der Waals surface area contributed by atoms with E-state index in [-0.39, 0.29) is 0 Å². The highest BCUT2D eigenvalue weighted by Gasteiger charge is 2.02. The van der Waals surface area contributed by atoms with Crippen molar-refractivity contribution in [1.29, 1.82) is 0 Å². The maximum Gasteiger partial charge on any atom is 0.191 e. The van der Waals surface area contributed by atoms with Crippen LogP contribution in [0.2, 0.25) is 0 Å². The number of aromatic nitrogens is 2. The van der Waals surface area contributed by atoms with Crippen molar-refractivity contribution in [3.63, 3.8) is 0 Å². The van der Waals surface area contributed by atoms with Crippen molar-refractivity contribution >= 4 is 11.6 Å². The smallest absolute Gasteiger partial charge is 0.191 e. The molecule has 0 saturated heterocycles. The molecule has 0 bridgehead atoms. The van der Waals surface area contributed by atoms with Crippen molar-refractivity contribution in [2.45, 2.75) is 19.8 Å². The molecule has 0 spiro atoms. The zero-order valence-electron chi connectivity index (χ0n) is 13.4. The first kappa shape index (κ1) is 16.3. The number of hydrogen-bond acceptors (Lipinski definition) is 3. The van der Waals surface area contributed by atoms with Crippen molar-refractivity contribution in [2.75, 3.05) is 33.4 Å². The molecule has 0 amide bonds. The van der Waals surface area contributed by atoms with Gasteiger partial charge < -0.3 is 19.8 Å². The molecule has 0 unspecified atom stereocenters. The standard InChI is InChI=1S/C16H25N5O/c1-3-17-16(18-9-6-12-22-2)19-10-8-14-13-21-11-5-4-7-15(21)20-14/h4-5,7,11,13H,3,6,8-10,12H2,1-2H3,(H2,17,18,19). The van der Waals surface area contributed by atoms with Gasteiger partial charge in [-0.3, -0.25) is 4.99 Å². The molecule has 2 aromatic rings. The van der Waals surface area contributed by atoms with E-state index in [1.165, 1.54) is 0 Å². The summed E-state index contributed by atoms with van der Waals surface area (Å²) in [5.41, 5.74) is 2.06. The number of pyridine rings is 1. The molecule has 0 aliphatic carbocycles. The van der Waals surface area contributed by atoms with Gasteiger partial charge in [-0.2, -0.15) is 0 Å². The van der Waals surface area contributed by atoms with Gasteiger partial charge in [-0.05, 0) is 25.5 Å². The molecular formula is C16H25N5O. The number of nitrogens with one attached hydrogen (secondary N) is 2. The fourth-order valence-corrected chi connectivity index (χ4v) is 2.16. The highest BCUT2D eigenvalue weighted by atomic mass is 16.5. The molecule has 2 aromatic heterocycles. The fraction of sp³-hybridized carbons (Fsp3) is 0.500. The molecule has 0 fully saturated rings. The first-order valence-electron chi connectivity index (χ1n) is 7.77. The molecule has 0 aliphatic heterocycles. The number of methoxy groups -OCH3 is 1. The zero-order chi connectivity index (χ0) is 15.6. The van der Waals surface area contributed by atoms with Crippen LogP contribution >= 0.6 is 0 Å². The Hall–Kier alpha value is -2.08. The van der Waals surface area contributed by atoms with E-state index in [1.54, 1.807) is 7.11 Å². The number of imidazole rings is 1. The Morgan fingerprint density at radius 2 is 2.27 bits per heavy atom. The van der Waals surface area contributed by atoms with Crippen LogP contribution in [0.25, 0.3) is 5.65 Å². The number of rotatable bonds is 8. The molecule has 2 rings (SSSR count). The van der Waals surface area contributed by atoms with Gasteiger partial charge in [0.05, 0.1) is 5.69 Å². The second-order valence-corrected chi connectivity index (χ2v) is 4.98. The SMILES string of the molecule is CCNC(=NCCCOC)NCCc1cn2ccccc2n1. The van der Waals surface area contributed by atoms with Gasteiger partial charge in [-0.15, -0.1) is 0 Å². The third-order valence-corrected chi connectivity index (χ3v) is 3.21. The number of ether oxygens (including phenoxy) is 1. The lowest BCUT2D eigenvalue weighted by molar-refractivity contribution is 0.197. The first-order chi connectivity index (χ1) is 10.8. The van der Waals surface area contributed by atoms with Crippen molar-refractivity contribution in [3.05, 3.63) is 36.3 Å². The molecule has 0 atom stereocenters. The normalized spacial score (nSPS) is 11.8. The highest BCUT2D eigenvalue weighted by molar-refractivity contribution is 5.79. The largest absolute Gasteiger partial charge is 0.385 e. The van der Waals surface area contributed by atoms with E-state index in [2.05, 4.69) is 33.7 Å². The maximum absolute atomic E-state index is 5.03. The Balaban J connectivity index is 1.81. The molecule has 2 N–H and O–H groups in total. The molecule has 22 heavy (non-hydrogen) atoms. The second-order valence-electron chi connectivity index (χ2n) is 4.98. The van der Waals surface area contributed by atoms with Crippen LogP contribution in [-0.4, -0.2) is 48.7 Å². The quantitative estimate of drug-likeness (QED) is 0.440. The molecule has 0 radical (unpaired) electrons. The Morgan fingerprint density at radius 3 is 3.05 bits per heavy atom. The fourth-order valence-electron chi connectivity index (χ4n) is 2.16. The van der Waals surface area contributed by atoms with Crippen molar-refractivity contribution < 1.29 is 4.74 Å². The van der Waals surface area contributed by atoms with Crippen LogP contribution < -0.4 is 10.6 Å². The number of fused-ring (bicyclic) bond motifs is 1. The summed E-state index contributed by atoms with van der Waals surface area (Å²) in [4.78, 5) is 9.10. The molecule has 120 valence electrons. The molecule has 6 heteroatoms. The summed E-state index contributed by atoms with van der Waals surface area (Å²) >= 11 is 0. The van der Waals surface area contributed by atoms with E-state index in [1.807, 2.05) is 28.8 Å². The summed E-state index contributed by atoms with van der Waals surface area (Å²) in [5, 5.41) is 6.58. The maximum atomic E-state index is 5.03. The van der Waals surface area contributed by atoms with Gasteiger partial charge in [0.1, 0.15) is 5.65 Å². The van der Waals surface area contributed by atoms with E-state index in [9.17, 15) is 0 Å². The van der Waals surface area contributed by atoms with Gasteiger partial charge in [-0.25, -0.2) is 4.98 Å².